The maximum absolute atomic E-state index is 11.7. The predicted molar refractivity (Wildman–Crippen MR) is 89.4 cm³/mol. The van der Waals surface area contributed by atoms with Crippen LogP contribution in [0.15, 0.2) is 23.8 Å². The SMILES string of the molecule is COc1cccc2c1OCC(CN1CCC3(C1)CN(C)C(=O)O3)=C2. The second-order valence-electron chi connectivity index (χ2n) is 6.84. The second kappa shape index (κ2) is 5.70. The van der Waals surface area contributed by atoms with Crippen molar-refractivity contribution in [3.05, 3.63) is 29.3 Å². The fourth-order valence-electron chi connectivity index (χ4n) is 3.83. The normalized spacial score (nSPS) is 26.2. The first-order chi connectivity index (χ1) is 11.6. The zero-order chi connectivity index (χ0) is 16.7. The lowest BCUT2D eigenvalue weighted by molar-refractivity contribution is 0.0640. The number of benzene rings is 1. The number of hydrogen-bond acceptors (Lipinski definition) is 5. The summed E-state index contributed by atoms with van der Waals surface area (Å²) in [6, 6.07) is 5.92. The Morgan fingerprint density at radius 3 is 2.96 bits per heavy atom. The first kappa shape index (κ1) is 15.3. The lowest BCUT2D eigenvalue weighted by Crippen LogP contribution is -2.38. The molecule has 6 heteroatoms. The smallest absolute Gasteiger partial charge is 0.410 e. The molecule has 4 rings (SSSR count). The van der Waals surface area contributed by atoms with Gasteiger partial charge in [0.15, 0.2) is 11.5 Å². The van der Waals surface area contributed by atoms with Gasteiger partial charge in [-0.05, 0) is 17.7 Å². The van der Waals surface area contributed by atoms with Crippen molar-refractivity contribution in [1.82, 2.24) is 9.80 Å². The van der Waals surface area contributed by atoms with Crippen LogP contribution >= 0.6 is 0 Å². The number of likely N-dealkylation sites (N-methyl/N-ethyl adjacent to an activating group) is 1. The molecule has 1 amide bonds. The van der Waals surface area contributed by atoms with Gasteiger partial charge in [-0.3, -0.25) is 4.90 Å². The largest absolute Gasteiger partial charge is 0.493 e. The molecular formula is C18H22N2O4. The van der Waals surface area contributed by atoms with E-state index in [0.717, 1.165) is 43.1 Å². The van der Waals surface area contributed by atoms with E-state index in [0.29, 0.717) is 13.2 Å². The molecule has 3 heterocycles. The monoisotopic (exact) mass is 330 g/mol. The summed E-state index contributed by atoms with van der Waals surface area (Å²) in [6.07, 6.45) is 2.86. The number of carbonyl (C=O) groups excluding carboxylic acids is 1. The number of ether oxygens (including phenoxy) is 3. The highest BCUT2D eigenvalue weighted by Gasteiger charge is 2.48. The van der Waals surface area contributed by atoms with Gasteiger partial charge >= 0.3 is 6.09 Å². The quantitative estimate of drug-likeness (QED) is 0.848. The van der Waals surface area contributed by atoms with Crippen LogP contribution in [0.2, 0.25) is 0 Å². The Balaban J connectivity index is 1.45. The molecule has 0 bridgehead atoms. The van der Waals surface area contributed by atoms with E-state index < -0.39 is 0 Å². The van der Waals surface area contributed by atoms with Crippen LogP contribution in [0.5, 0.6) is 11.5 Å². The third-order valence-corrected chi connectivity index (χ3v) is 4.95. The third kappa shape index (κ3) is 2.60. The van der Waals surface area contributed by atoms with Gasteiger partial charge in [-0.1, -0.05) is 12.1 Å². The van der Waals surface area contributed by atoms with Crippen molar-refractivity contribution >= 4 is 12.2 Å². The zero-order valence-electron chi connectivity index (χ0n) is 14.1. The molecule has 6 nitrogen and oxygen atoms in total. The minimum Gasteiger partial charge on any atom is -0.493 e. The van der Waals surface area contributed by atoms with Crippen molar-refractivity contribution < 1.29 is 19.0 Å². The molecular weight excluding hydrogens is 308 g/mol. The molecule has 3 aliphatic rings. The van der Waals surface area contributed by atoms with Crippen LogP contribution in [-0.2, 0) is 4.74 Å². The summed E-state index contributed by atoms with van der Waals surface area (Å²) >= 11 is 0. The molecule has 1 spiro atoms. The summed E-state index contributed by atoms with van der Waals surface area (Å²) in [5.41, 5.74) is 1.95. The molecule has 0 saturated carbocycles. The van der Waals surface area contributed by atoms with Crippen LogP contribution < -0.4 is 9.47 Å². The Kier molecular flexibility index (Phi) is 3.64. The maximum atomic E-state index is 11.7. The molecule has 24 heavy (non-hydrogen) atoms. The van der Waals surface area contributed by atoms with Gasteiger partial charge in [0.1, 0.15) is 12.2 Å². The van der Waals surface area contributed by atoms with Crippen molar-refractivity contribution in [2.75, 3.05) is 46.9 Å². The number of hydrogen-bond donors (Lipinski definition) is 0. The number of rotatable bonds is 3. The van der Waals surface area contributed by atoms with E-state index in [2.05, 4.69) is 11.0 Å². The van der Waals surface area contributed by atoms with Crippen molar-refractivity contribution in [1.29, 1.82) is 0 Å². The van der Waals surface area contributed by atoms with Crippen LogP contribution in [-0.4, -0.2) is 68.4 Å². The van der Waals surface area contributed by atoms with Crippen molar-refractivity contribution in [3.63, 3.8) is 0 Å². The van der Waals surface area contributed by atoms with E-state index in [4.69, 9.17) is 14.2 Å². The second-order valence-corrected chi connectivity index (χ2v) is 6.84. The van der Waals surface area contributed by atoms with Gasteiger partial charge < -0.3 is 19.1 Å². The third-order valence-electron chi connectivity index (χ3n) is 4.95. The number of methoxy groups -OCH3 is 1. The lowest BCUT2D eigenvalue weighted by Gasteiger charge is -2.25. The summed E-state index contributed by atoms with van der Waals surface area (Å²) < 4.78 is 16.9. The molecule has 0 aromatic heterocycles. The minimum absolute atomic E-state index is 0.210. The summed E-state index contributed by atoms with van der Waals surface area (Å²) in [5.74, 6) is 1.58. The number of para-hydroxylation sites is 1. The van der Waals surface area contributed by atoms with E-state index >= 15 is 0 Å². The van der Waals surface area contributed by atoms with E-state index in [1.807, 2.05) is 18.2 Å². The summed E-state index contributed by atoms with van der Waals surface area (Å²) in [6.45, 7) is 3.79. The van der Waals surface area contributed by atoms with Crippen molar-refractivity contribution in [2.24, 2.45) is 0 Å². The molecule has 1 aromatic carbocycles. The average molecular weight is 330 g/mol. The van der Waals surface area contributed by atoms with Gasteiger partial charge in [0.2, 0.25) is 0 Å². The average Bonchev–Trinajstić information content (AvgIpc) is 3.08. The van der Waals surface area contributed by atoms with E-state index in [-0.39, 0.29) is 11.7 Å². The molecule has 0 radical (unpaired) electrons. The maximum Gasteiger partial charge on any atom is 0.410 e. The number of nitrogens with zero attached hydrogens (tertiary/aromatic N) is 2. The molecule has 3 aliphatic heterocycles. The Morgan fingerprint density at radius 2 is 2.21 bits per heavy atom. The van der Waals surface area contributed by atoms with Crippen LogP contribution in [0.3, 0.4) is 0 Å². The highest BCUT2D eigenvalue weighted by atomic mass is 16.6. The summed E-state index contributed by atoms with van der Waals surface area (Å²) in [4.78, 5) is 15.7. The van der Waals surface area contributed by atoms with Gasteiger partial charge in [0.05, 0.1) is 13.7 Å². The number of fused-ring (bicyclic) bond motifs is 1. The highest BCUT2D eigenvalue weighted by molar-refractivity contribution is 5.70. The fourth-order valence-corrected chi connectivity index (χ4v) is 3.83. The zero-order valence-corrected chi connectivity index (χ0v) is 14.1. The van der Waals surface area contributed by atoms with E-state index in [1.54, 1.807) is 19.1 Å². The van der Waals surface area contributed by atoms with Crippen LogP contribution in [0.4, 0.5) is 4.79 Å². The molecule has 1 aromatic rings. The number of amides is 1. The molecule has 0 aliphatic carbocycles. The van der Waals surface area contributed by atoms with E-state index in [1.165, 1.54) is 5.57 Å². The van der Waals surface area contributed by atoms with Crippen LogP contribution in [0.25, 0.3) is 6.08 Å². The molecule has 2 saturated heterocycles. The van der Waals surface area contributed by atoms with E-state index in [9.17, 15) is 4.79 Å². The van der Waals surface area contributed by atoms with Crippen LogP contribution in [0, 0.1) is 0 Å². The van der Waals surface area contributed by atoms with Gasteiger partial charge in [-0.2, -0.15) is 0 Å². The molecule has 2 fully saturated rings. The van der Waals surface area contributed by atoms with Gasteiger partial charge in [-0.25, -0.2) is 4.79 Å². The Labute approximate surface area is 141 Å². The van der Waals surface area contributed by atoms with Crippen molar-refractivity contribution in [2.45, 2.75) is 12.0 Å². The first-order valence-electron chi connectivity index (χ1n) is 8.24. The number of likely N-dealkylation sites (tertiary alicyclic amines) is 1. The summed E-state index contributed by atoms with van der Waals surface area (Å²) in [5, 5.41) is 0. The molecule has 1 atom stereocenters. The van der Waals surface area contributed by atoms with Crippen molar-refractivity contribution in [3.8, 4) is 11.5 Å². The predicted octanol–water partition coefficient (Wildman–Crippen LogP) is 2.00. The Morgan fingerprint density at radius 1 is 1.33 bits per heavy atom. The molecule has 1 unspecified atom stereocenters. The highest BCUT2D eigenvalue weighted by Crippen LogP contribution is 2.36. The van der Waals surface area contributed by atoms with Gasteiger partial charge in [0.25, 0.3) is 0 Å². The lowest BCUT2D eigenvalue weighted by atomic mass is 10.0. The topological polar surface area (TPSA) is 51.2 Å². The van der Waals surface area contributed by atoms with Gasteiger partial charge in [0, 0.05) is 38.7 Å². The molecule has 0 N–H and O–H groups in total. The van der Waals surface area contributed by atoms with Gasteiger partial charge in [-0.15, -0.1) is 0 Å². The Bertz CT molecular complexity index is 702. The minimum atomic E-state index is -0.330. The Hall–Kier alpha value is -2.21. The standard InChI is InChI=1S/C18H22N2O4/c1-19-11-18(24-17(19)21)6-7-20(12-18)9-13-8-14-4-3-5-15(22-2)16(14)23-10-13/h3-5,8H,6-7,9-12H2,1-2H3. The van der Waals surface area contributed by atoms with Crippen LogP contribution in [0.1, 0.15) is 12.0 Å². The molecule has 128 valence electrons. The summed E-state index contributed by atoms with van der Waals surface area (Å²) in [7, 11) is 3.45. The first-order valence-corrected chi connectivity index (χ1v) is 8.24. The fraction of sp³-hybridized carbons (Fsp3) is 0.500. The number of carbonyl (C=O) groups is 1.